The van der Waals surface area contributed by atoms with Gasteiger partial charge in [-0.15, -0.1) is 0 Å². The largest absolute Gasteiger partial charge is 0.371 e. The minimum absolute atomic E-state index is 0.819. The van der Waals surface area contributed by atoms with Crippen LogP contribution in [0.2, 0.25) is 0 Å². The van der Waals surface area contributed by atoms with Gasteiger partial charge in [0.1, 0.15) is 0 Å². The van der Waals surface area contributed by atoms with Gasteiger partial charge in [-0.05, 0) is 31.9 Å². The summed E-state index contributed by atoms with van der Waals surface area (Å²) in [5.41, 5.74) is 1.33. The number of rotatable bonds is 6. The first-order valence-electron chi connectivity index (χ1n) is 5.93. The average molecular weight is 204 g/mol. The van der Waals surface area contributed by atoms with E-state index in [4.69, 9.17) is 0 Å². The van der Waals surface area contributed by atoms with Crippen LogP contribution in [0.1, 0.15) is 19.8 Å². The Labute approximate surface area is 92.3 Å². The fraction of sp³-hybridized carbons (Fsp3) is 0.538. The number of anilines is 1. The van der Waals surface area contributed by atoms with E-state index in [2.05, 4.69) is 47.5 Å². The van der Waals surface area contributed by atoms with Crippen LogP contribution in [-0.2, 0) is 0 Å². The molecule has 1 aliphatic carbocycles. The zero-order valence-electron chi connectivity index (χ0n) is 9.45. The molecule has 2 heteroatoms. The third kappa shape index (κ3) is 3.24. The highest BCUT2D eigenvalue weighted by Gasteiger charge is 2.19. The van der Waals surface area contributed by atoms with Gasteiger partial charge in [-0.25, -0.2) is 0 Å². The summed E-state index contributed by atoms with van der Waals surface area (Å²) >= 11 is 0. The third-order valence-corrected chi connectivity index (χ3v) is 2.90. The molecule has 2 rings (SSSR count). The highest BCUT2D eigenvalue weighted by molar-refractivity contribution is 5.45. The molecule has 1 aromatic rings. The number of para-hydroxylation sites is 1. The molecular weight excluding hydrogens is 184 g/mol. The van der Waals surface area contributed by atoms with E-state index < -0.39 is 0 Å². The van der Waals surface area contributed by atoms with Crippen molar-refractivity contribution in [2.75, 3.05) is 24.5 Å². The van der Waals surface area contributed by atoms with Gasteiger partial charge in [0.25, 0.3) is 0 Å². The topological polar surface area (TPSA) is 15.3 Å². The van der Waals surface area contributed by atoms with Crippen LogP contribution in [0.15, 0.2) is 30.3 Å². The van der Waals surface area contributed by atoms with Crippen LogP contribution in [0.4, 0.5) is 5.69 Å². The van der Waals surface area contributed by atoms with Gasteiger partial charge in [-0.2, -0.15) is 0 Å². The van der Waals surface area contributed by atoms with Crippen LogP contribution in [0.3, 0.4) is 0 Å². The van der Waals surface area contributed by atoms with E-state index in [0.29, 0.717) is 0 Å². The maximum absolute atomic E-state index is 3.55. The second-order valence-electron chi connectivity index (χ2n) is 4.14. The van der Waals surface area contributed by atoms with Crippen molar-refractivity contribution in [2.24, 2.45) is 0 Å². The number of nitrogens with zero attached hydrogens (tertiary/aromatic N) is 1. The van der Waals surface area contributed by atoms with Crippen molar-refractivity contribution in [3.05, 3.63) is 30.3 Å². The standard InChI is InChI=1S/C13H20N2/c1-2-15(11-10-14-12-8-9-12)13-6-4-3-5-7-13/h3-7,12,14H,2,8-11H2,1H3. The predicted octanol–water partition coefficient (Wildman–Crippen LogP) is 2.26. The molecule has 0 amide bonds. The SMILES string of the molecule is CCN(CCNC1CC1)c1ccccc1. The van der Waals surface area contributed by atoms with E-state index in [9.17, 15) is 0 Å². The molecule has 0 unspecified atom stereocenters. The molecule has 1 saturated carbocycles. The zero-order valence-corrected chi connectivity index (χ0v) is 9.45. The number of hydrogen-bond acceptors (Lipinski definition) is 2. The van der Waals surface area contributed by atoms with Crippen molar-refractivity contribution in [3.63, 3.8) is 0 Å². The maximum atomic E-state index is 3.55. The van der Waals surface area contributed by atoms with Crippen molar-refractivity contribution in [1.29, 1.82) is 0 Å². The molecule has 0 saturated heterocycles. The van der Waals surface area contributed by atoms with Crippen LogP contribution in [0.5, 0.6) is 0 Å². The lowest BCUT2D eigenvalue weighted by atomic mass is 10.3. The number of hydrogen-bond donors (Lipinski definition) is 1. The monoisotopic (exact) mass is 204 g/mol. The van der Waals surface area contributed by atoms with E-state index in [1.54, 1.807) is 0 Å². The van der Waals surface area contributed by atoms with E-state index in [-0.39, 0.29) is 0 Å². The maximum Gasteiger partial charge on any atom is 0.0366 e. The van der Waals surface area contributed by atoms with Gasteiger partial charge in [-0.3, -0.25) is 0 Å². The molecule has 2 nitrogen and oxygen atoms in total. The molecule has 1 fully saturated rings. The molecule has 0 heterocycles. The lowest BCUT2D eigenvalue weighted by Crippen LogP contribution is -2.32. The van der Waals surface area contributed by atoms with Gasteiger partial charge < -0.3 is 10.2 Å². The molecule has 15 heavy (non-hydrogen) atoms. The first-order chi connectivity index (χ1) is 7.40. The molecule has 1 aliphatic rings. The zero-order chi connectivity index (χ0) is 10.5. The smallest absolute Gasteiger partial charge is 0.0366 e. The highest BCUT2D eigenvalue weighted by atomic mass is 15.1. The van der Waals surface area contributed by atoms with Crippen molar-refractivity contribution < 1.29 is 0 Å². The van der Waals surface area contributed by atoms with E-state index in [1.165, 1.54) is 18.5 Å². The molecule has 82 valence electrons. The molecule has 0 aliphatic heterocycles. The summed E-state index contributed by atoms with van der Waals surface area (Å²) in [5, 5.41) is 3.55. The van der Waals surface area contributed by atoms with Crippen LogP contribution >= 0.6 is 0 Å². The average Bonchev–Trinajstić information content (AvgIpc) is 3.10. The summed E-state index contributed by atoms with van der Waals surface area (Å²) in [5.74, 6) is 0. The van der Waals surface area contributed by atoms with Crippen LogP contribution in [0.25, 0.3) is 0 Å². The summed E-state index contributed by atoms with van der Waals surface area (Å²) in [4.78, 5) is 2.41. The second-order valence-corrected chi connectivity index (χ2v) is 4.14. The lowest BCUT2D eigenvalue weighted by molar-refractivity contribution is 0.662. The minimum Gasteiger partial charge on any atom is -0.371 e. The summed E-state index contributed by atoms with van der Waals surface area (Å²) in [7, 11) is 0. The quantitative estimate of drug-likeness (QED) is 0.764. The second kappa shape index (κ2) is 5.17. The van der Waals surface area contributed by atoms with Gasteiger partial charge in [0, 0.05) is 31.4 Å². The van der Waals surface area contributed by atoms with Crippen molar-refractivity contribution in [3.8, 4) is 0 Å². The van der Waals surface area contributed by atoms with Crippen LogP contribution < -0.4 is 10.2 Å². The van der Waals surface area contributed by atoms with Gasteiger partial charge in [0.2, 0.25) is 0 Å². The van der Waals surface area contributed by atoms with Crippen molar-refractivity contribution in [1.82, 2.24) is 5.32 Å². The molecule has 0 aromatic heterocycles. The minimum atomic E-state index is 0.819. The van der Waals surface area contributed by atoms with E-state index in [0.717, 1.165) is 25.7 Å². The van der Waals surface area contributed by atoms with Crippen molar-refractivity contribution >= 4 is 5.69 Å². The molecule has 0 bridgehead atoms. The van der Waals surface area contributed by atoms with Crippen LogP contribution in [-0.4, -0.2) is 25.7 Å². The number of nitrogens with one attached hydrogen (secondary N) is 1. The van der Waals surface area contributed by atoms with Crippen LogP contribution in [0, 0.1) is 0 Å². The Hall–Kier alpha value is -1.02. The summed E-state index contributed by atoms with van der Waals surface area (Å²) < 4.78 is 0. The molecule has 1 N–H and O–H groups in total. The van der Waals surface area contributed by atoms with Gasteiger partial charge in [-0.1, -0.05) is 18.2 Å². The summed E-state index contributed by atoms with van der Waals surface area (Å²) in [6.45, 7) is 5.50. The number of benzene rings is 1. The fourth-order valence-corrected chi connectivity index (χ4v) is 1.80. The third-order valence-electron chi connectivity index (χ3n) is 2.90. The predicted molar refractivity (Wildman–Crippen MR) is 65.4 cm³/mol. The Balaban J connectivity index is 1.80. The molecule has 0 atom stereocenters. The van der Waals surface area contributed by atoms with Gasteiger partial charge >= 0.3 is 0 Å². The van der Waals surface area contributed by atoms with Gasteiger partial charge in [0.15, 0.2) is 0 Å². The number of likely N-dealkylation sites (N-methyl/N-ethyl adjacent to an activating group) is 1. The molecule has 0 radical (unpaired) electrons. The molecular formula is C13H20N2. The van der Waals surface area contributed by atoms with E-state index in [1.807, 2.05) is 0 Å². The molecule has 0 spiro atoms. The Bertz CT molecular complexity index is 280. The van der Waals surface area contributed by atoms with Crippen molar-refractivity contribution in [2.45, 2.75) is 25.8 Å². The Morgan fingerprint density at radius 2 is 2.00 bits per heavy atom. The Kier molecular flexibility index (Phi) is 3.62. The fourth-order valence-electron chi connectivity index (χ4n) is 1.80. The Morgan fingerprint density at radius 3 is 2.60 bits per heavy atom. The first kappa shape index (κ1) is 10.5. The summed E-state index contributed by atoms with van der Waals surface area (Å²) in [6, 6.07) is 11.5. The normalized spacial score (nSPS) is 15.3. The summed E-state index contributed by atoms with van der Waals surface area (Å²) in [6.07, 6.45) is 2.74. The lowest BCUT2D eigenvalue weighted by Gasteiger charge is -2.23. The van der Waals surface area contributed by atoms with Gasteiger partial charge in [0.05, 0.1) is 0 Å². The Morgan fingerprint density at radius 1 is 1.27 bits per heavy atom. The molecule has 1 aromatic carbocycles. The van der Waals surface area contributed by atoms with E-state index >= 15 is 0 Å². The first-order valence-corrected chi connectivity index (χ1v) is 5.93. The highest BCUT2D eigenvalue weighted by Crippen LogP contribution is 2.18.